The molecule has 2 aliphatic heterocycles. The molecule has 5 rings (SSSR count). The Kier molecular flexibility index (Phi) is 4.90. The van der Waals surface area contributed by atoms with Crippen LogP contribution in [-0.4, -0.2) is 29.1 Å². The van der Waals surface area contributed by atoms with Crippen LogP contribution >= 0.6 is 11.8 Å². The number of urea groups is 1. The molecule has 2 aliphatic rings. The van der Waals surface area contributed by atoms with Crippen molar-refractivity contribution >= 4 is 35.1 Å². The third-order valence-electron chi connectivity index (χ3n) is 5.61. The van der Waals surface area contributed by atoms with Gasteiger partial charge in [-0.2, -0.15) is 0 Å². The Bertz CT molecular complexity index is 1160. The van der Waals surface area contributed by atoms with Crippen LogP contribution < -0.4 is 10.2 Å². The zero-order chi connectivity index (χ0) is 21.4. The van der Waals surface area contributed by atoms with Crippen molar-refractivity contribution in [3.05, 3.63) is 95.8 Å². The van der Waals surface area contributed by atoms with Gasteiger partial charge in [-0.15, -0.1) is 11.8 Å². The fraction of sp³-hybridized carbons (Fsp3) is 0.167. The molecule has 1 spiro atoms. The van der Waals surface area contributed by atoms with Crippen LogP contribution in [0.15, 0.2) is 78.9 Å². The van der Waals surface area contributed by atoms with Crippen molar-refractivity contribution in [2.24, 2.45) is 0 Å². The average Bonchev–Trinajstić information content (AvgIpc) is 3.32. The SMILES string of the molecule is O=C(Nc1cccc(F)c1)N1CCS[C@]12C(=O)N(Cc1ccccc1)c1ccccc12. The van der Waals surface area contributed by atoms with E-state index >= 15 is 0 Å². The average molecular weight is 434 g/mol. The number of para-hydroxylation sites is 1. The number of carbonyl (C=O) groups is 2. The lowest BCUT2D eigenvalue weighted by atomic mass is 10.1. The van der Waals surface area contributed by atoms with Crippen LogP contribution in [0.1, 0.15) is 11.1 Å². The Morgan fingerprint density at radius 3 is 2.61 bits per heavy atom. The van der Waals surface area contributed by atoms with Crippen LogP contribution in [0.4, 0.5) is 20.6 Å². The van der Waals surface area contributed by atoms with Gasteiger partial charge < -0.3 is 10.2 Å². The van der Waals surface area contributed by atoms with E-state index in [4.69, 9.17) is 0 Å². The molecule has 0 radical (unpaired) electrons. The van der Waals surface area contributed by atoms with Crippen molar-refractivity contribution in [2.75, 3.05) is 22.5 Å². The van der Waals surface area contributed by atoms with Gasteiger partial charge in [0.2, 0.25) is 0 Å². The zero-order valence-corrected chi connectivity index (χ0v) is 17.4. The van der Waals surface area contributed by atoms with Gasteiger partial charge in [-0.05, 0) is 29.8 Å². The van der Waals surface area contributed by atoms with Crippen molar-refractivity contribution in [3.63, 3.8) is 0 Å². The molecule has 1 fully saturated rings. The maximum atomic E-state index is 13.8. The normalized spacial score (nSPS) is 19.7. The molecule has 3 amide bonds. The molecule has 3 aromatic rings. The highest BCUT2D eigenvalue weighted by atomic mass is 32.2. The fourth-order valence-corrected chi connectivity index (χ4v) is 5.71. The van der Waals surface area contributed by atoms with E-state index in [0.29, 0.717) is 24.5 Å². The van der Waals surface area contributed by atoms with E-state index in [9.17, 15) is 14.0 Å². The molecule has 3 aromatic carbocycles. The standard InChI is InChI=1S/C24H20FN3O2S/c25-18-9-6-10-19(15-18)26-23(30)28-13-14-31-24(28)20-11-4-5-12-21(20)27(22(24)29)16-17-7-2-1-3-8-17/h1-12,15H,13-14,16H2,(H,26,30)/t24-/m1/s1. The lowest BCUT2D eigenvalue weighted by molar-refractivity contribution is -0.123. The Balaban J connectivity index is 1.51. The van der Waals surface area contributed by atoms with E-state index in [-0.39, 0.29) is 5.91 Å². The van der Waals surface area contributed by atoms with E-state index in [0.717, 1.165) is 16.8 Å². The van der Waals surface area contributed by atoms with Crippen LogP contribution in [-0.2, 0) is 16.2 Å². The van der Waals surface area contributed by atoms with E-state index in [1.807, 2.05) is 54.6 Å². The monoisotopic (exact) mass is 433 g/mol. The Morgan fingerprint density at radius 1 is 1.03 bits per heavy atom. The predicted molar refractivity (Wildman–Crippen MR) is 120 cm³/mol. The van der Waals surface area contributed by atoms with Crippen LogP contribution in [0, 0.1) is 5.82 Å². The molecule has 0 saturated carbocycles. The molecule has 7 heteroatoms. The summed E-state index contributed by atoms with van der Waals surface area (Å²) in [6.45, 7) is 0.851. The van der Waals surface area contributed by atoms with Crippen LogP contribution in [0.5, 0.6) is 0 Å². The number of fused-ring (bicyclic) bond motifs is 2. The highest BCUT2D eigenvalue weighted by Gasteiger charge is 2.59. The number of rotatable bonds is 3. The zero-order valence-electron chi connectivity index (χ0n) is 16.6. The molecule has 0 aromatic heterocycles. The maximum absolute atomic E-state index is 13.8. The first-order valence-electron chi connectivity index (χ1n) is 10.0. The fourth-order valence-electron chi connectivity index (χ4n) is 4.25. The first-order chi connectivity index (χ1) is 15.1. The highest BCUT2D eigenvalue weighted by molar-refractivity contribution is 8.01. The molecule has 0 aliphatic carbocycles. The summed E-state index contributed by atoms with van der Waals surface area (Å²) in [6.07, 6.45) is 0. The largest absolute Gasteiger partial charge is 0.323 e. The van der Waals surface area contributed by atoms with Gasteiger partial charge in [0.05, 0.1) is 12.2 Å². The van der Waals surface area contributed by atoms with Crippen molar-refractivity contribution in [1.29, 1.82) is 0 Å². The first kappa shape index (κ1) is 19.6. The molecule has 1 saturated heterocycles. The maximum Gasteiger partial charge on any atom is 0.323 e. The predicted octanol–water partition coefficient (Wildman–Crippen LogP) is 4.81. The van der Waals surface area contributed by atoms with Gasteiger partial charge in [-0.3, -0.25) is 9.69 Å². The lowest BCUT2D eigenvalue weighted by Gasteiger charge is -2.33. The summed E-state index contributed by atoms with van der Waals surface area (Å²) in [5.41, 5.74) is 3.00. The van der Waals surface area contributed by atoms with E-state index in [2.05, 4.69) is 5.32 Å². The minimum Gasteiger partial charge on any atom is -0.308 e. The quantitative estimate of drug-likeness (QED) is 0.645. The molecule has 1 N–H and O–H groups in total. The lowest BCUT2D eigenvalue weighted by Crippen LogP contribution is -2.51. The van der Waals surface area contributed by atoms with Gasteiger partial charge in [0.1, 0.15) is 5.82 Å². The second kappa shape index (κ2) is 7.74. The molecule has 5 nitrogen and oxygen atoms in total. The van der Waals surface area contributed by atoms with Crippen LogP contribution in [0.2, 0.25) is 0 Å². The number of hydrogen-bond donors (Lipinski definition) is 1. The molecule has 31 heavy (non-hydrogen) atoms. The number of amides is 3. The smallest absolute Gasteiger partial charge is 0.308 e. The topological polar surface area (TPSA) is 52.7 Å². The van der Waals surface area contributed by atoms with Gasteiger partial charge in [-0.25, -0.2) is 9.18 Å². The van der Waals surface area contributed by atoms with Crippen molar-refractivity contribution in [1.82, 2.24) is 4.90 Å². The number of nitrogens with one attached hydrogen (secondary N) is 1. The summed E-state index contributed by atoms with van der Waals surface area (Å²) in [7, 11) is 0. The Labute approximate surface area is 183 Å². The Morgan fingerprint density at radius 2 is 1.81 bits per heavy atom. The van der Waals surface area contributed by atoms with Gasteiger partial charge in [0.15, 0.2) is 4.87 Å². The van der Waals surface area contributed by atoms with E-state index in [1.54, 1.807) is 15.9 Å². The highest BCUT2D eigenvalue weighted by Crippen LogP contribution is 2.54. The van der Waals surface area contributed by atoms with Crippen LogP contribution in [0.25, 0.3) is 0 Å². The number of carbonyl (C=O) groups excluding carboxylic acids is 2. The number of hydrogen-bond acceptors (Lipinski definition) is 3. The molecule has 156 valence electrons. The second-order valence-electron chi connectivity index (χ2n) is 7.48. The van der Waals surface area contributed by atoms with E-state index in [1.165, 1.54) is 30.0 Å². The molecule has 2 heterocycles. The van der Waals surface area contributed by atoms with E-state index < -0.39 is 16.7 Å². The number of halogens is 1. The summed E-state index contributed by atoms with van der Waals surface area (Å²) in [5.74, 6) is 0.0737. The van der Waals surface area contributed by atoms with Crippen molar-refractivity contribution in [2.45, 2.75) is 11.4 Å². The minimum atomic E-state index is -1.12. The van der Waals surface area contributed by atoms with Crippen molar-refractivity contribution in [3.8, 4) is 0 Å². The number of thioether (sulfide) groups is 1. The third-order valence-corrected chi connectivity index (χ3v) is 7.02. The number of anilines is 2. The Hall–Kier alpha value is -3.32. The van der Waals surface area contributed by atoms with Crippen molar-refractivity contribution < 1.29 is 14.0 Å². The minimum absolute atomic E-state index is 0.130. The summed E-state index contributed by atoms with van der Waals surface area (Å²) < 4.78 is 13.6. The summed E-state index contributed by atoms with van der Waals surface area (Å²) >= 11 is 1.47. The molecular formula is C24H20FN3O2S. The number of nitrogens with zero attached hydrogens (tertiary/aromatic N) is 2. The number of benzene rings is 3. The van der Waals surface area contributed by atoms with Crippen LogP contribution in [0.3, 0.4) is 0 Å². The molecule has 1 atom stereocenters. The van der Waals surface area contributed by atoms with Gasteiger partial charge >= 0.3 is 6.03 Å². The summed E-state index contributed by atoms with van der Waals surface area (Å²) in [5, 5.41) is 2.75. The molecule has 0 unspecified atom stereocenters. The van der Waals surface area contributed by atoms with Gasteiger partial charge in [-0.1, -0.05) is 54.6 Å². The first-order valence-corrected chi connectivity index (χ1v) is 11.0. The second-order valence-corrected chi connectivity index (χ2v) is 8.77. The summed E-state index contributed by atoms with van der Waals surface area (Å²) in [6, 6.07) is 22.8. The van der Waals surface area contributed by atoms with Gasteiger partial charge in [0.25, 0.3) is 5.91 Å². The third kappa shape index (κ3) is 3.25. The van der Waals surface area contributed by atoms with Gasteiger partial charge in [0, 0.05) is 23.5 Å². The summed E-state index contributed by atoms with van der Waals surface area (Å²) in [4.78, 5) is 29.3. The molecular weight excluding hydrogens is 413 g/mol. The molecule has 0 bridgehead atoms.